The van der Waals surface area contributed by atoms with Crippen molar-refractivity contribution in [3.05, 3.63) is 63.9 Å². The number of hydrogen-bond acceptors (Lipinski definition) is 6. The van der Waals surface area contributed by atoms with Crippen molar-refractivity contribution in [3.63, 3.8) is 0 Å². The molecule has 2 amide bonds. The highest BCUT2D eigenvalue weighted by Crippen LogP contribution is 2.27. The van der Waals surface area contributed by atoms with Crippen LogP contribution in [0.25, 0.3) is 0 Å². The van der Waals surface area contributed by atoms with Crippen LogP contribution in [-0.2, 0) is 22.7 Å². The fourth-order valence-corrected chi connectivity index (χ4v) is 4.44. The van der Waals surface area contributed by atoms with Crippen molar-refractivity contribution < 1.29 is 14.3 Å². The summed E-state index contributed by atoms with van der Waals surface area (Å²) in [5.74, 6) is 1.47. The average molecular weight is 561 g/mol. The molecule has 0 bridgehead atoms. The third-order valence-corrected chi connectivity index (χ3v) is 6.66. The van der Waals surface area contributed by atoms with Gasteiger partial charge in [-0.25, -0.2) is 0 Å². The summed E-state index contributed by atoms with van der Waals surface area (Å²) >= 11 is 4.68. The molecule has 0 atom stereocenters. The van der Waals surface area contributed by atoms with Crippen LogP contribution < -0.4 is 15.4 Å². The lowest BCUT2D eigenvalue weighted by Crippen LogP contribution is -2.29. The quantitative estimate of drug-likeness (QED) is 0.323. The number of rotatable bonds is 11. The molecular formula is C25H30BrN5O3S. The van der Waals surface area contributed by atoms with Gasteiger partial charge in [0.25, 0.3) is 5.91 Å². The Morgan fingerprint density at radius 2 is 1.86 bits per heavy atom. The molecule has 3 aromatic rings. The van der Waals surface area contributed by atoms with Crippen LogP contribution in [0, 0.1) is 6.92 Å². The Bertz CT molecular complexity index is 1160. The van der Waals surface area contributed by atoms with E-state index in [1.54, 1.807) is 0 Å². The fraction of sp³-hybridized carbons (Fsp3) is 0.360. The molecule has 0 aliphatic heterocycles. The number of ether oxygens (including phenoxy) is 1. The van der Waals surface area contributed by atoms with Crippen molar-refractivity contribution in [2.75, 3.05) is 17.7 Å². The van der Waals surface area contributed by atoms with Crippen molar-refractivity contribution in [3.8, 4) is 5.75 Å². The first-order valence-corrected chi connectivity index (χ1v) is 13.1. The molecule has 186 valence electrons. The number of nitrogens with zero attached hydrogens (tertiary/aromatic N) is 3. The minimum atomic E-state index is -0.241. The van der Waals surface area contributed by atoms with E-state index in [1.807, 2.05) is 60.9 Å². The van der Waals surface area contributed by atoms with Gasteiger partial charge in [-0.05, 0) is 61.2 Å². The number of nitrogens with one attached hydrogen (secondary N) is 2. The van der Waals surface area contributed by atoms with Gasteiger partial charge in [0.2, 0.25) is 5.91 Å². The summed E-state index contributed by atoms with van der Waals surface area (Å²) in [5.41, 5.74) is 2.88. The lowest BCUT2D eigenvalue weighted by Gasteiger charge is -2.15. The zero-order valence-electron chi connectivity index (χ0n) is 20.3. The number of aromatic nitrogens is 3. The molecule has 0 unspecified atom stereocenters. The van der Waals surface area contributed by atoms with Gasteiger partial charge >= 0.3 is 0 Å². The van der Waals surface area contributed by atoms with Crippen LogP contribution in [0.15, 0.2) is 52.1 Å². The lowest BCUT2D eigenvalue weighted by molar-refractivity contribution is -0.123. The van der Waals surface area contributed by atoms with E-state index in [9.17, 15) is 9.59 Å². The summed E-state index contributed by atoms with van der Waals surface area (Å²) in [4.78, 5) is 24.7. The van der Waals surface area contributed by atoms with Gasteiger partial charge in [0.05, 0.1) is 12.3 Å². The summed E-state index contributed by atoms with van der Waals surface area (Å²) in [6.45, 7) is 8.90. The molecule has 10 heteroatoms. The summed E-state index contributed by atoms with van der Waals surface area (Å²) < 4.78 is 8.64. The molecule has 0 saturated carbocycles. The molecule has 1 aromatic heterocycles. The number of anilines is 1. The smallest absolute Gasteiger partial charge is 0.258 e. The first-order chi connectivity index (χ1) is 16.8. The van der Waals surface area contributed by atoms with E-state index < -0.39 is 0 Å². The Morgan fingerprint density at radius 3 is 2.54 bits per heavy atom. The SMILES string of the molecule is CCn1c(CNC(=O)COc2cc(C)ccc2C(C)C)nnc1SCC(=O)Nc1ccc(Br)cc1. The largest absolute Gasteiger partial charge is 0.483 e. The Labute approximate surface area is 218 Å². The van der Waals surface area contributed by atoms with E-state index in [-0.39, 0.29) is 30.7 Å². The predicted molar refractivity (Wildman–Crippen MR) is 142 cm³/mol. The second-order valence-electron chi connectivity index (χ2n) is 8.25. The first-order valence-electron chi connectivity index (χ1n) is 11.4. The van der Waals surface area contributed by atoms with Gasteiger partial charge in [0.1, 0.15) is 5.75 Å². The molecule has 3 rings (SSSR count). The molecule has 2 aromatic carbocycles. The van der Waals surface area contributed by atoms with Crippen LogP contribution in [0.3, 0.4) is 0 Å². The number of halogens is 1. The molecule has 0 fully saturated rings. The zero-order valence-corrected chi connectivity index (χ0v) is 22.7. The van der Waals surface area contributed by atoms with Gasteiger partial charge in [0.15, 0.2) is 17.6 Å². The summed E-state index contributed by atoms with van der Waals surface area (Å²) in [7, 11) is 0. The highest BCUT2D eigenvalue weighted by molar-refractivity contribution is 9.10. The van der Waals surface area contributed by atoms with Crippen molar-refractivity contribution in [2.24, 2.45) is 0 Å². The van der Waals surface area contributed by atoms with E-state index in [0.29, 0.717) is 23.4 Å². The Balaban J connectivity index is 1.51. The van der Waals surface area contributed by atoms with Gasteiger partial charge in [-0.2, -0.15) is 0 Å². The standard InChI is InChI=1S/C25H30BrN5O3S/c1-5-31-22(13-27-23(32)14-34-21-12-17(4)6-11-20(21)16(2)3)29-30-25(31)35-15-24(33)28-19-9-7-18(26)8-10-19/h6-12,16H,5,13-15H2,1-4H3,(H,27,32)(H,28,33). The van der Waals surface area contributed by atoms with Crippen LogP contribution in [0.1, 0.15) is 43.6 Å². The molecule has 8 nitrogen and oxygen atoms in total. The maximum Gasteiger partial charge on any atom is 0.258 e. The van der Waals surface area contributed by atoms with Gasteiger partial charge in [0, 0.05) is 16.7 Å². The number of amides is 2. The summed E-state index contributed by atoms with van der Waals surface area (Å²) in [6, 6.07) is 13.4. The van der Waals surface area contributed by atoms with Crippen molar-refractivity contribution >= 4 is 45.2 Å². The minimum absolute atomic E-state index is 0.0821. The Kier molecular flexibility index (Phi) is 9.73. The van der Waals surface area contributed by atoms with Gasteiger partial charge in [-0.1, -0.05) is 53.7 Å². The summed E-state index contributed by atoms with van der Waals surface area (Å²) in [5, 5.41) is 14.7. The number of aryl methyl sites for hydroxylation is 1. The number of benzene rings is 2. The van der Waals surface area contributed by atoms with Gasteiger partial charge in [-0.15, -0.1) is 10.2 Å². The first kappa shape index (κ1) is 26.7. The molecule has 0 aliphatic carbocycles. The molecule has 1 heterocycles. The monoisotopic (exact) mass is 559 g/mol. The van der Waals surface area contributed by atoms with Gasteiger partial charge < -0.3 is 19.9 Å². The normalized spacial score (nSPS) is 10.9. The molecular weight excluding hydrogens is 530 g/mol. The average Bonchev–Trinajstić information content (AvgIpc) is 3.23. The van der Waals surface area contributed by atoms with E-state index in [2.05, 4.69) is 50.6 Å². The number of thioether (sulfide) groups is 1. The molecule has 0 spiro atoms. The Hall–Kier alpha value is -2.85. The molecule has 0 aliphatic rings. The van der Waals surface area contributed by atoms with Crippen LogP contribution in [0.4, 0.5) is 5.69 Å². The van der Waals surface area contributed by atoms with Crippen LogP contribution in [-0.4, -0.2) is 38.9 Å². The highest BCUT2D eigenvalue weighted by atomic mass is 79.9. The van der Waals surface area contributed by atoms with Crippen molar-refractivity contribution in [2.45, 2.75) is 51.9 Å². The van der Waals surface area contributed by atoms with Crippen molar-refractivity contribution in [1.82, 2.24) is 20.1 Å². The maximum atomic E-state index is 12.4. The second kappa shape index (κ2) is 12.7. The third-order valence-electron chi connectivity index (χ3n) is 5.16. The molecule has 35 heavy (non-hydrogen) atoms. The molecule has 0 radical (unpaired) electrons. The van der Waals surface area contributed by atoms with E-state index >= 15 is 0 Å². The third kappa shape index (κ3) is 7.83. The van der Waals surface area contributed by atoms with E-state index in [4.69, 9.17) is 4.74 Å². The van der Waals surface area contributed by atoms with Crippen LogP contribution in [0.5, 0.6) is 5.75 Å². The Morgan fingerprint density at radius 1 is 1.11 bits per heavy atom. The molecule has 0 saturated heterocycles. The minimum Gasteiger partial charge on any atom is -0.483 e. The molecule has 2 N–H and O–H groups in total. The van der Waals surface area contributed by atoms with E-state index in [1.165, 1.54) is 11.8 Å². The topological polar surface area (TPSA) is 98.1 Å². The predicted octanol–water partition coefficient (Wildman–Crippen LogP) is 4.92. The summed E-state index contributed by atoms with van der Waals surface area (Å²) in [6.07, 6.45) is 0. The second-order valence-corrected chi connectivity index (χ2v) is 10.1. The van der Waals surface area contributed by atoms with Crippen molar-refractivity contribution in [1.29, 1.82) is 0 Å². The highest BCUT2D eigenvalue weighted by Gasteiger charge is 2.15. The van der Waals surface area contributed by atoms with E-state index in [0.717, 1.165) is 27.0 Å². The van der Waals surface area contributed by atoms with Gasteiger partial charge in [-0.3, -0.25) is 9.59 Å². The van der Waals surface area contributed by atoms with Crippen LogP contribution in [0.2, 0.25) is 0 Å². The zero-order chi connectivity index (χ0) is 25.4. The lowest BCUT2D eigenvalue weighted by atomic mass is 10.0. The number of hydrogen-bond donors (Lipinski definition) is 2. The maximum absolute atomic E-state index is 12.4. The van der Waals surface area contributed by atoms with Crippen LogP contribution >= 0.6 is 27.7 Å². The fourth-order valence-electron chi connectivity index (χ4n) is 3.35. The number of carbonyl (C=O) groups is 2. The number of carbonyl (C=O) groups excluding carboxylic acids is 2.